The van der Waals surface area contributed by atoms with Crippen molar-refractivity contribution in [3.05, 3.63) is 56.2 Å². The number of hydrogen-bond donors (Lipinski definition) is 0. The van der Waals surface area contributed by atoms with Crippen LogP contribution in [0, 0.1) is 12.8 Å². The summed E-state index contributed by atoms with van der Waals surface area (Å²) in [5.74, 6) is 0.895. The van der Waals surface area contributed by atoms with Gasteiger partial charge < -0.3 is 0 Å². The number of thiophene rings is 1. The van der Waals surface area contributed by atoms with E-state index in [9.17, 15) is 0 Å². The highest BCUT2D eigenvalue weighted by Gasteiger charge is 2.29. The molecule has 0 nitrogen and oxygen atoms in total. The van der Waals surface area contributed by atoms with Gasteiger partial charge in [-0.05, 0) is 40.4 Å². The molecular weight excluding hydrogens is 352 g/mol. The second-order valence-electron chi connectivity index (χ2n) is 5.29. The highest BCUT2D eigenvalue weighted by molar-refractivity contribution is 9.10. The fourth-order valence-electron chi connectivity index (χ4n) is 2.57. The molecule has 0 N–H and O–H groups in total. The van der Waals surface area contributed by atoms with Crippen molar-refractivity contribution in [3.63, 3.8) is 0 Å². The van der Waals surface area contributed by atoms with Gasteiger partial charge in [-0.2, -0.15) is 0 Å². The summed E-state index contributed by atoms with van der Waals surface area (Å²) >= 11 is 12.3. The maximum atomic E-state index is 6.88. The fraction of sp³-hybridized carbons (Fsp3) is 0.412. The van der Waals surface area contributed by atoms with Gasteiger partial charge in [-0.25, -0.2) is 0 Å². The molecular formula is C17H20BrClS. The molecule has 0 amide bonds. The summed E-state index contributed by atoms with van der Waals surface area (Å²) < 4.78 is 1.14. The van der Waals surface area contributed by atoms with E-state index in [1.54, 1.807) is 11.3 Å². The molecule has 0 radical (unpaired) electrons. The van der Waals surface area contributed by atoms with E-state index >= 15 is 0 Å². The molecule has 3 heteroatoms. The Hall–Kier alpha value is -0.310. The van der Waals surface area contributed by atoms with Crippen LogP contribution in [0.1, 0.15) is 46.9 Å². The molecule has 0 aliphatic carbocycles. The Kier molecular flexibility index (Phi) is 5.71. The van der Waals surface area contributed by atoms with Crippen LogP contribution >= 0.6 is 38.9 Å². The van der Waals surface area contributed by atoms with Crippen LogP contribution in [0.4, 0.5) is 0 Å². The monoisotopic (exact) mass is 370 g/mol. The molecule has 0 saturated heterocycles. The van der Waals surface area contributed by atoms with Crippen LogP contribution < -0.4 is 0 Å². The van der Waals surface area contributed by atoms with Gasteiger partial charge in [0.15, 0.2) is 0 Å². The minimum Gasteiger partial charge on any atom is -0.143 e. The molecule has 1 heterocycles. The smallest absolute Gasteiger partial charge is 0.0760 e. The molecule has 3 atom stereocenters. The molecule has 1 aromatic heterocycles. The molecule has 1 aromatic carbocycles. The van der Waals surface area contributed by atoms with Crippen molar-refractivity contribution in [2.24, 2.45) is 5.92 Å². The lowest BCUT2D eigenvalue weighted by Crippen LogP contribution is -2.14. The van der Waals surface area contributed by atoms with Gasteiger partial charge in [-0.1, -0.05) is 50.6 Å². The van der Waals surface area contributed by atoms with Gasteiger partial charge in [-0.15, -0.1) is 22.9 Å². The number of alkyl halides is 1. The zero-order chi connectivity index (χ0) is 14.7. The first-order chi connectivity index (χ1) is 9.54. The standard InChI is InChI=1S/C17H20BrClS/c1-4-11(2)15(13-8-6-5-7-9-13)16(19)17-14(18)10-12(3)20-17/h5-11,15-16H,4H2,1-3H3. The Bertz CT molecular complexity index is 549. The average Bonchev–Trinajstić information content (AvgIpc) is 2.79. The Morgan fingerprint density at radius 2 is 1.90 bits per heavy atom. The van der Waals surface area contributed by atoms with Gasteiger partial charge in [0.1, 0.15) is 0 Å². The molecule has 2 rings (SSSR count). The van der Waals surface area contributed by atoms with E-state index in [2.05, 4.69) is 73.1 Å². The topological polar surface area (TPSA) is 0 Å². The lowest BCUT2D eigenvalue weighted by atomic mass is 9.82. The van der Waals surface area contributed by atoms with Crippen LogP contribution in [0.15, 0.2) is 40.9 Å². The Balaban J connectivity index is 2.39. The predicted molar refractivity (Wildman–Crippen MR) is 94.0 cm³/mol. The SMILES string of the molecule is CCC(C)C(c1ccccc1)C(Cl)c1sc(C)cc1Br. The normalized spacial score (nSPS) is 15.8. The molecule has 0 bridgehead atoms. The third-order valence-electron chi connectivity index (χ3n) is 3.84. The molecule has 20 heavy (non-hydrogen) atoms. The molecule has 0 saturated carbocycles. The third-order valence-corrected chi connectivity index (χ3v) is 6.51. The van der Waals surface area contributed by atoms with Gasteiger partial charge in [0.05, 0.1) is 5.38 Å². The predicted octanol–water partition coefficient (Wildman–Crippen LogP) is 6.93. The van der Waals surface area contributed by atoms with E-state index in [4.69, 9.17) is 11.6 Å². The van der Waals surface area contributed by atoms with Gasteiger partial charge in [0.25, 0.3) is 0 Å². The van der Waals surface area contributed by atoms with Crippen molar-refractivity contribution in [1.82, 2.24) is 0 Å². The first kappa shape index (κ1) is 16.1. The van der Waals surface area contributed by atoms with Crippen LogP contribution in [0.5, 0.6) is 0 Å². The van der Waals surface area contributed by atoms with Gasteiger partial charge in [0.2, 0.25) is 0 Å². The average molecular weight is 372 g/mol. The summed E-state index contributed by atoms with van der Waals surface area (Å²) in [5, 5.41) is 0.0143. The summed E-state index contributed by atoms with van der Waals surface area (Å²) in [5.41, 5.74) is 1.33. The van der Waals surface area contributed by atoms with Crippen molar-refractivity contribution in [2.45, 2.75) is 38.5 Å². The summed E-state index contributed by atoms with van der Waals surface area (Å²) in [7, 11) is 0. The van der Waals surface area contributed by atoms with Gasteiger partial charge in [-0.3, -0.25) is 0 Å². The number of benzene rings is 1. The minimum atomic E-state index is 0.0143. The fourth-order valence-corrected chi connectivity index (χ4v) is 5.27. The van der Waals surface area contributed by atoms with Crippen LogP contribution in [0.3, 0.4) is 0 Å². The molecule has 0 aliphatic heterocycles. The third kappa shape index (κ3) is 3.47. The maximum Gasteiger partial charge on any atom is 0.0760 e. The van der Waals surface area contributed by atoms with E-state index in [1.165, 1.54) is 15.3 Å². The number of halogens is 2. The highest BCUT2D eigenvalue weighted by Crippen LogP contribution is 2.47. The van der Waals surface area contributed by atoms with Crippen LogP contribution in [0.25, 0.3) is 0 Å². The van der Waals surface area contributed by atoms with E-state index < -0.39 is 0 Å². The summed E-state index contributed by atoms with van der Waals surface area (Å²) in [6.07, 6.45) is 1.13. The van der Waals surface area contributed by atoms with Crippen LogP contribution in [-0.2, 0) is 0 Å². The molecule has 2 aromatic rings. The second-order valence-corrected chi connectivity index (χ2v) is 7.91. The maximum absolute atomic E-state index is 6.88. The summed E-state index contributed by atoms with van der Waals surface area (Å²) in [6.45, 7) is 6.66. The van der Waals surface area contributed by atoms with Crippen molar-refractivity contribution >= 4 is 38.9 Å². The summed E-state index contributed by atoms with van der Waals surface area (Å²) in [6, 6.07) is 12.8. The van der Waals surface area contributed by atoms with E-state index in [0.717, 1.165) is 10.9 Å². The van der Waals surface area contributed by atoms with Gasteiger partial charge in [0, 0.05) is 20.1 Å². The lowest BCUT2D eigenvalue weighted by Gasteiger charge is -2.28. The lowest BCUT2D eigenvalue weighted by molar-refractivity contribution is 0.435. The molecule has 0 aliphatic rings. The Morgan fingerprint density at radius 3 is 2.40 bits per heavy atom. The zero-order valence-corrected chi connectivity index (χ0v) is 15.2. The van der Waals surface area contributed by atoms with Crippen molar-refractivity contribution in [2.75, 3.05) is 0 Å². The van der Waals surface area contributed by atoms with Crippen LogP contribution in [-0.4, -0.2) is 0 Å². The zero-order valence-electron chi connectivity index (χ0n) is 12.1. The van der Waals surface area contributed by atoms with Crippen molar-refractivity contribution in [3.8, 4) is 0 Å². The first-order valence-electron chi connectivity index (χ1n) is 6.99. The molecule has 0 fully saturated rings. The molecule has 0 spiro atoms. The number of rotatable bonds is 5. The molecule has 108 valence electrons. The van der Waals surface area contributed by atoms with Gasteiger partial charge >= 0.3 is 0 Å². The first-order valence-corrected chi connectivity index (χ1v) is 9.04. The quantitative estimate of drug-likeness (QED) is 0.500. The minimum absolute atomic E-state index is 0.0143. The highest BCUT2D eigenvalue weighted by atomic mass is 79.9. The van der Waals surface area contributed by atoms with E-state index in [1.807, 2.05) is 0 Å². The van der Waals surface area contributed by atoms with E-state index in [-0.39, 0.29) is 5.38 Å². The Labute approximate surface area is 139 Å². The number of hydrogen-bond acceptors (Lipinski definition) is 1. The van der Waals surface area contributed by atoms with Crippen LogP contribution in [0.2, 0.25) is 0 Å². The largest absolute Gasteiger partial charge is 0.143 e. The summed E-state index contributed by atoms with van der Waals surface area (Å²) in [4.78, 5) is 2.55. The Morgan fingerprint density at radius 1 is 1.25 bits per heavy atom. The van der Waals surface area contributed by atoms with Crippen molar-refractivity contribution in [1.29, 1.82) is 0 Å². The molecule has 3 unspecified atom stereocenters. The number of aryl methyl sites for hydroxylation is 1. The second kappa shape index (κ2) is 7.11. The van der Waals surface area contributed by atoms with E-state index in [0.29, 0.717) is 11.8 Å². The van der Waals surface area contributed by atoms with Crippen molar-refractivity contribution < 1.29 is 0 Å².